The van der Waals surface area contributed by atoms with E-state index in [4.69, 9.17) is 32.6 Å². The fraction of sp³-hybridized carbons (Fsp3) is 1.00. The van der Waals surface area contributed by atoms with Crippen molar-refractivity contribution in [3.05, 3.63) is 0 Å². The molecule has 0 aliphatic heterocycles. The van der Waals surface area contributed by atoms with Crippen molar-refractivity contribution < 1.29 is 32.6 Å². The molecule has 182 valence electrons. The Balaban J connectivity index is 5.04. The lowest BCUT2D eigenvalue weighted by molar-refractivity contribution is -0.0893. The van der Waals surface area contributed by atoms with Gasteiger partial charge in [0.1, 0.15) is 4.93 Å². The highest BCUT2D eigenvalue weighted by Gasteiger charge is 2.38. The molecular formula is C20H45B3O7S. The highest BCUT2D eigenvalue weighted by Crippen LogP contribution is 2.22. The third kappa shape index (κ3) is 16.5. The van der Waals surface area contributed by atoms with E-state index in [0.717, 1.165) is 6.42 Å². The Hall–Kier alpha value is 0.265. The second-order valence-electron chi connectivity index (χ2n) is 10.0. The van der Waals surface area contributed by atoms with Gasteiger partial charge in [0.25, 0.3) is 0 Å². The number of thiol groups is 1. The van der Waals surface area contributed by atoms with E-state index in [1.54, 1.807) is 13.6 Å². The van der Waals surface area contributed by atoms with Crippen LogP contribution in [-0.2, 0) is 32.6 Å². The van der Waals surface area contributed by atoms with E-state index in [9.17, 15) is 0 Å². The van der Waals surface area contributed by atoms with Crippen molar-refractivity contribution in [2.45, 2.75) is 111 Å². The molecule has 0 bridgehead atoms. The molecule has 0 saturated carbocycles. The summed E-state index contributed by atoms with van der Waals surface area (Å²) in [5.74, 6) is 0. The summed E-state index contributed by atoms with van der Waals surface area (Å²) in [6, 6.07) is 0. The zero-order valence-electron chi connectivity index (χ0n) is 21.9. The summed E-state index contributed by atoms with van der Waals surface area (Å²) in [7, 11) is -2.14. The Kier molecular flexibility index (Phi) is 13.3. The molecule has 31 heavy (non-hydrogen) atoms. The lowest BCUT2D eigenvalue weighted by atomic mass is 9.86. The van der Waals surface area contributed by atoms with Gasteiger partial charge in [-0.15, -0.1) is 12.6 Å². The predicted octanol–water partition coefficient (Wildman–Crippen LogP) is 4.76. The van der Waals surface area contributed by atoms with E-state index in [1.807, 2.05) is 48.5 Å². The van der Waals surface area contributed by atoms with Crippen molar-refractivity contribution >= 4 is 34.2 Å². The summed E-state index contributed by atoms with van der Waals surface area (Å²) in [4.78, 5) is -0.580. The van der Waals surface area contributed by atoms with Crippen LogP contribution in [0.5, 0.6) is 0 Å². The molecule has 0 N–H and O–H groups in total. The first-order valence-corrected chi connectivity index (χ1v) is 11.6. The van der Waals surface area contributed by atoms with Crippen LogP contribution in [0.4, 0.5) is 0 Å². The van der Waals surface area contributed by atoms with Gasteiger partial charge in [-0.25, -0.2) is 0 Å². The number of rotatable bonds is 17. The first kappa shape index (κ1) is 31.3. The standard InChI is InChI=1S/C20H45B3O7S/c1-13-17(3,4)24-15-18(5,6)27-22(12)30-23(29-21(11)26-14-2)28-19(7,8)16-25-20(9,10)31/h31H,13-16H2,1-12H3. The summed E-state index contributed by atoms with van der Waals surface area (Å²) in [6.07, 6.45) is 0.911. The minimum atomic E-state index is -1.01. The van der Waals surface area contributed by atoms with Gasteiger partial charge in [0.05, 0.1) is 30.0 Å². The molecule has 0 unspecified atom stereocenters. The van der Waals surface area contributed by atoms with E-state index in [0.29, 0.717) is 19.8 Å². The normalized spacial score (nSPS) is 13.5. The molecule has 0 spiro atoms. The third-order valence-electron chi connectivity index (χ3n) is 4.34. The number of ether oxygens (including phenoxy) is 2. The summed E-state index contributed by atoms with van der Waals surface area (Å²) >= 11 is 4.40. The molecule has 0 aliphatic carbocycles. The lowest BCUT2D eigenvalue weighted by Crippen LogP contribution is -2.48. The van der Waals surface area contributed by atoms with Gasteiger partial charge < -0.3 is 32.6 Å². The van der Waals surface area contributed by atoms with Crippen molar-refractivity contribution in [2.24, 2.45) is 0 Å². The zero-order chi connectivity index (χ0) is 24.5. The maximum Gasteiger partial charge on any atom is 0.612 e. The molecule has 0 aromatic heterocycles. The highest BCUT2D eigenvalue weighted by atomic mass is 32.1. The molecule has 0 aromatic carbocycles. The second-order valence-corrected chi connectivity index (χ2v) is 11.1. The smallest absolute Gasteiger partial charge is 0.426 e. The van der Waals surface area contributed by atoms with Gasteiger partial charge >= 0.3 is 21.6 Å². The molecule has 0 aromatic rings. The van der Waals surface area contributed by atoms with Crippen LogP contribution in [0.15, 0.2) is 0 Å². The van der Waals surface area contributed by atoms with Crippen LogP contribution >= 0.6 is 12.6 Å². The Morgan fingerprint density at radius 1 is 0.677 bits per heavy atom. The van der Waals surface area contributed by atoms with E-state index >= 15 is 0 Å². The topological polar surface area (TPSA) is 64.6 Å². The van der Waals surface area contributed by atoms with Crippen LogP contribution in [0, 0.1) is 0 Å². The van der Waals surface area contributed by atoms with Crippen molar-refractivity contribution in [3.8, 4) is 0 Å². The average Bonchev–Trinajstić information content (AvgIpc) is 2.57. The van der Waals surface area contributed by atoms with Gasteiger partial charge in [0.2, 0.25) is 0 Å². The summed E-state index contributed by atoms with van der Waals surface area (Å²) in [6.45, 7) is 24.4. The van der Waals surface area contributed by atoms with Crippen LogP contribution in [0.25, 0.3) is 0 Å². The molecular weight excluding hydrogens is 417 g/mol. The third-order valence-corrected chi connectivity index (χ3v) is 4.47. The van der Waals surface area contributed by atoms with Crippen molar-refractivity contribution in [2.75, 3.05) is 19.8 Å². The average molecular weight is 462 g/mol. The SMILES string of the molecule is CCOB(C)OB(OB(C)OC(C)(C)COC(C)(C)CC)OC(C)(C)COC(C)(C)S. The van der Waals surface area contributed by atoms with Crippen LogP contribution in [0.2, 0.25) is 13.6 Å². The zero-order valence-corrected chi connectivity index (χ0v) is 22.8. The van der Waals surface area contributed by atoms with Gasteiger partial charge in [-0.05, 0) is 82.4 Å². The summed E-state index contributed by atoms with van der Waals surface area (Å²) < 4.78 is 41.2. The Bertz CT molecular complexity index is 502. The molecule has 0 heterocycles. The maximum absolute atomic E-state index is 6.09. The first-order chi connectivity index (χ1) is 13.9. The first-order valence-electron chi connectivity index (χ1n) is 11.2. The van der Waals surface area contributed by atoms with Gasteiger partial charge in [-0.3, -0.25) is 0 Å². The fourth-order valence-corrected chi connectivity index (χ4v) is 2.37. The predicted molar refractivity (Wildman–Crippen MR) is 132 cm³/mol. The number of hydrogen-bond donors (Lipinski definition) is 1. The van der Waals surface area contributed by atoms with Gasteiger partial charge in [0.15, 0.2) is 0 Å². The molecule has 0 fully saturated rings. The van der Waals surface area contributed by atoms with Crippen LogP contribution < -0.4 is 0 Å². The van der Waals surface area contributed by atoms with E-state index in [-0.39, 0.29) is 5.60 Å². The highest BCUT2D eigenvalue weighted by molar-refractivity contribution is 7.81. The van der Waals surface area contributed by atoms with Gasteiger partial charge in [-0.1, -0.05) is 6.92 Å². The minimum absolute atomic E-state index is 0.211. The maximum atomic E-state index is 6.09. The van der Waals surface area contributed by atoms with Crippen molar-refractivity contribution in [3.63, 3.8) is 0 Å². The van der Waals surface area contributed by atoms with Crippen molar-refractivity contribution in [1.82, 2.24) is 0 Å². The van der Waals surface area contributed by atoms with Gasteiger partial charge in [-0.2, -0.15) is 0 Å². The van der Waals surface area contributed by atoms with Crippen LogP contribution in [0.3, 0.4) is 0 Å². The molecule has 0 radical (unpaired) electrons. The fourth-order valence-electron chi connectivity index (χ4n) is 2.30. The molecule has 0 rings (SSSR count). The van der Waals surface area contributed by atoms with Crippen molar-refractivity contribution in [1.29, 1.82) is 0 Å². The summed E-state index contributed by atoms with van der Waals surface area (Å²) in [5.41, 5.74) is -1.46. The lowest BCUT2D eigenvalue weighted by Gasteiger charge is -2.35. The molecule has 0 aliphatic rings. The Morgan fingerprint density at radius 3 is 1.65 bits per heavy atom. The molecule has 0 amide bonds. The Labute approximate surface area is 197 Å². The molecule has 0 saturated heterocycles. The molecule has 7 nitrogen and oxygen atoms in total. The Morgan fingerprint density at radius 2 is 1.16 bits per heavy atom. The van der Waals surface area contributed by atoms with E-state index in [2.05, 4.69) is 33.4 Å². The number of hydrogen-bond acceptors (Lipinski definition) is 8. The molecule has 11 heteroatoms. The summed E-state index contributed by atoms with van der Waals surface area (Å²) in [5, 5.41) is 0. The molecule has 0 atom stereocenters. The largest absolute Gasteiger partial charge is 0.612 e. The quantitative estimate of drug-likeness (QED) is 0.190. The van der Waals surface area contributed by atoms with E-state index in [1.165, 1.54) is 0 Å². The monoisotopic (exact) mass is 462 g/mol. The van der Waals surface area contributed by atoms with E-state index < -0.39 is 37.7 Å². The van der Waals surface area contributed by atoms with Crippen LogP contribution in [0.1, 0.15) is 75.7 Å². The minimum Gasteiger partial charge on any atom is -0.426 e. The second kappa shape index (κ2) is 13.2. The van der Waals surface area contributed by atoms with Gasteiger partial charge in [0, 0.05) is 6.61 Å². The van der Waals surface area contributed by atoms with Crippen LogP contribution in [-0.4, -0.2) is 63.1 Å².